The maximum Gasteiger partial charge on any atom is 0.280 e. The molecule has 2 aromatic heterocycles. The molecule has 0 saturated carbocycles. The van der Waals surface area contributed by atoms with E-state index in [-0.39, 0.29) is 5.91 Å². The van der Waals surface area contributed by atoms with Gasteiger partial charge in [-0.05, 0) is 23.7 Å². The van der Waals surface area contributed by atoms with Gasteiger partial charge in [-0.2, -0.15) is 0 Å². The van der Waals surface area contributed by atoms with Gasteiger partial charge in [-0.25, -0.2) is 4.98 Å². The van der Waals surface area contributed by atoms with E-state index >= 15 is 0 Å². The number of hydrogen-bond acceptors (Lipinski definition) is 6. The van der Waals surface area contributed by atoms with Crippen molar-refractivity contribution in [2.24, 2.45) is 0 Å². The molecule has 100 valence electrons. The third-order valence-corrected chi connectivity index (χ3v) is 3.94. The number of carbonyl (C=O) groups excluding carboxylic acids is 1. The molecule has 20 heavy (non-hydrogen) atoms. The van der Waals surface area contributed by atoms with E-state index in [0.717, 1.165) is 10.7 Å². The second-order valence-electron chi connectivity index (χ2n) is 3.94. The maximum atomic E-state index is 12.5. The summed E-state index contributed by atoms with van der Waals surface area (Å²) in [5.74, 6) is -0.167. The van der Waals surface area contributed by atoms with Crippen molar-refractivity contribution in [3.05, 3.63) is 58.0 Å². The summed E-state index contributed by atoms with van der Waals surface area (Å²) in [5, 5.41) is 8.28. The third kappa shape index (κ3) is 2.73. The Labute approximate surface area is 123 Å². The van der Waals surface area contributed by atoms with Gasteiger partial charge in [0.15, 0.2) is 5.69 Å². The van der Waals surface area contributed by atoms with Crippen LogP contribution in [0.1, 0.15) is 15.5 Å². The summed E-state index contributed by atoms with van der Waals surface area (Å²) in [6.45, 7) is 0.429. The van der Waals surface area contributed by atoms with E-state index in [9.17, 15) is 4.79 Å². The summed E-state index contributed by atoms with van der Waals surface area (Å²) < 4.78 is 3.75. The van der Waals surface area contributed by atoms with Crippen molar-refractivity contribution in [2.75, 3.05) is 4.90 Å². The molecule has 0 N–H and O–H groups in total. The topological polar surface area (TPSA) is 59.0 Å². The molecule has 0 unspecified atom stereocenters. The fourth-order valence-electron chi connectivity index (χ4n) is 1.75. The summed E-state index contributed by atoms with van der Waals surface area (Å²) in [5.41, 5.74) is 1.18. The average molecular weight is 302 g/mol. The van der Waals surface area contributed by atoms with Gasteiger partial charge in [0, 0.05) is 22.6 Å². The van der Waals surface area contributed by atoms with E-state index in [1.807, 2.05) is 35.7 Å². The second kappa shape index (κ2) is 5.89. The molecule has 0 saturated heterocycles. The van der Waals surface area contributed by atoms with Gasteiger partial charge >= 0.3 is 0 Å². The zero-order chi connectivity index (χ0) is 13.8. The Bertz CT molecular complexity index is 668. The van der Waals surface area contributed by atoms with Gasteiger partial charge in [-0.15, -0.1) is 16.4 Å². The summed E-state index contributed by atoms with van der Waals surface area (Å²) in [4.78, 5) is 18.4. The molecule has 1 amide bonds. The van der Waals surface area contributed by atoms with E-state index in [0.29, 0.717) is 12.2 Å². The van der Waals surface area contributed by atoms with E-state index in [1.54, 1.807) is 16.5 Å². The third-order valence-electron chi connectivity index (χ3n) is 2.67. The molecule has 0 spiro atoms. The van der Waals surface area contributed by atoms with E-state index in [2.05, 4.69) is 14.6 Å². The molecule has 0 fully saturated rings. The van der Waals surface area contributed by atoms with Crippen LogP contribution in [0.5, 0.6) is 0 Å². The van der Waals surface area contributed by atoms with Crippen molar-refractivity contribution in [3.63, 3.8) is 0 Å². The minimum atomic E-state index is -0.167. The quantitative estimate of drug-likeness (QED) is 0.743. The molecule has 1 aromatic carbocycles. The Morgan fingerprint density at radius 2 is 2.10 bits per heavy atom. The van der Waals surface area contributed by atoms with Gasteiger partial charge in [-0.1, -0.05) is 22.7 Å². The number of carbonyl (C=O) groups is 1. The van der Waals surface area contributed by atoms with Crippen LogP contribution in [-0.2, 0) is 6.54 Å². The van der Waals surface area contributed by atoms with E-state index < -0.39 is 0 Å². The molecule has 7 heteroatoms. The highest BCUT2D eigenvalue weighted by Crippen LogP contribution is 2.20. The van der Waals surface area contributed by atoms with Crippen LogP contribution in [0, 0.1) is 0 Å². The first-order valence-corrected chi connectivity index (χ1v) is 7.58. The Hall–Kier alpha value is -2.12. The van der Waals surface area contributed by atoms with Crippen molar-refractivity contribution in [3.8, 4) is 0 Å². The molecule has 3 aromatic rings. The number of amides is 1. The van der Waals surface area contributed by atoms with Crippen LogP contribution >= 0.6 is 22.9 Å². The van der Waals surface area contributed by atoms with E-state index in [1.165, 1.54) is 22.9 Å². The molecular weight excluding hydrogens is 292 g/mol. The van der Waals surface area contributed by atoms with Crippen LogP contribution in [0.2, 0.25) is 0 Å². The number of para-hydroxylation sites is 1. The first kappa shape index (κ1) is 12.9. The van der Waals surface area contributed by atoms with Crippen molar-refractivity contribution in [2.45, 2.75) is 6.54 Å². The minimum Gasteiger partial charge on any atom is -0.300 e. The molecule has 5 nitrogen and oxygen atoms in total. The van der Waals surface area contributed by atoms with E-state index in [4.69, 9.17) is 0 Å². The maximum absolute atomic E-state index is 12.5. The van der Waals surface area contributed by atoms with Crippen molar-refractivity contribution in [1.82, 2.24) is 14.6 Å². The standard InChI is InChI=1S/C13H10N4OS2/c18-13(11-9-20-16-15-11)17(8-12-14-6-7-19-12)10-4-2-1-3-5-10/h1-7,9H,8H2. The van der Waals surface area contributed by atoms with Crippen LogP contribution in [0.4, 0.5) is 5.69 Å². The largest absolute Gasteiger partial charge is 0.300 e. The molecule has 2 heterocycles. The van der Waals surface area contributed by atoms with Crippen LogP contribution in [-0.4, -0.2) is 20.5 Å². The van der Waals surface area contributed by atoms with Crippen LogP contribution in [0.15, 0.2) is 47.3 Å². The SMILES string of the molecule is O=C(c1csnn1)N(Cc1nccs1)c1ccccc1. The number of rotatable bonds is 4. The van der Waals surface area contributed by atoms with Crippen molar-refractivity contribution >= 4 is 34.5 Å². The summed E-state index contributed by atoms with van der Waals surface area (Å²) in [6, 6.07) is 9.50. The average Bonchev–Trinajstić information content (AvgIpc) is 3.18. The van der Waals surface area contributed by atoms with Crippen LogP contribution in [0.25, 0.3) is 0 Å². The number of aromatic nitrogens is 3. The van der Waals surface area contributed by atoms with Crippen LogP contribution < -0.4 is 4.90 Å². The smallest absolute Gasteiger partial charge is 0.280 e. The lowest BCUT2D eigenvalue weighted by Gasteiger charge is -2.20. The Morgan fingerprint density at radius 3 is 2.75 bits per heavy atom. The summed E-state index contributed by atoms with van der Waals surface area (Å²) >= 11 is 2.69. The van der Waals surface area contributed by atoms with Crippen LogP contribution in [0.3, 0.4) is 0 Å². The van der Waals surface area contributed by atoms with Gasteiger partial charge in [0.25, 0.3) is 5.91 Å². The lowest BCUT2D eigenvalue weighted by molar-refractivity contribution is 0.0980. The lowest BCUT2D eigenvalue weighted by Crippen LogP contribution is -2.30. The number of thiazole rings is 1. The van der Waals surface area contributed by atoms with Gasteiger partial charge < -0.3 is 4.90 Å². The zero-order valence-electron chi connectivity index (χ0n) is 10.3. The second-order valence-corrected chi connectivity index (χ2v) is 5.53. The number of benzene rings is 1. The highest BCUT2D eigenvalue weighted by molar-refractivity contribution is 7.09. The predicted molar refractivity (Wildman–Crippen MR) is 79.0 cm³/mol. The molecule has 3 rings (SSSR count). The Morgan fingerprint density at radius 1 is 1.25 bits per heavy atom. The minimum absolute atomic E-state index is 0.167. The number of hydrogen-bond donors (Lipinski definition) is 0. The summed E-state index contributed by atoms with van der Waals surface area (Å²) in [6.07, 6.45) is 1.73. The molecule has 0 bridgehead atoms. The Kier molecular flexibility index (Phi) is 3.80. The summed E-state index contributed by atoms with van der Waals surface area (Å²) in [7, 11) is 0. The monoisotopic (exact) mass is 302 g/mol. The molecular formula is C13H10N4OS2. The lowest BCUT2D eigenvalue weighted by atomic mass is 10.2. The molecule has 0 atom stereocenters. The fraction of sp³-hybridized carbons (Fsp3) is 0.0769. The zero-order valence-corrected chi connectivity index (χ0v) is 12.0. The first-order chi connectivity index (χ1) is 9.84. The molecule has 0 aliphatic carbocycles. The predicted octanol–water partition coefficient (Wildman–Crippen LogP) is 2.84. The normalized spacial score (nSPS) is 10.4. The fourth-order valence-corrected chi connectivity index (χ4v) is 2.78. The van der Waals surface area contributed by atoms with Gasteiger partial charge in [0.1, 0.15) is 5.01 Å². The van der Waals surface area contributed by atoms with Crippen molar-refractivity contribution < 1.29 is 4.79 Å². The van der Waals surface area contributed by atoms with Crippen molar-refractivity contribution in [1.29, 1.82) is 0 Å². The Balaban J connectivity index is 1.93. The molecule has 0 aliphatic heterocycles. The highest BCUT2D eigenvalue weighted by Gasteiger charge is 2.21. The molecule has 0 aliphatic rings. The number of nitrogens with zero attached hydrogens (tertiary/aromatic N) is 4. The number of anilines is 1. The molecule has 0 radical (unpaired) electrons. The van der Waals surface area contributed by atoms with Gasteiger partial charge in [0.2, 0.25) is 0 Å². The highest BCUT2D eigenvalue weighted by atomic mass is 32.1. The van der Waals surface area contributed by atoms with Gasteiger partial charge in [-0.3, -0.25) is 4.79 Å². The first-order valence-electron chi connectivity index (χ1n) is 5.87. The van der Waals surface area contributed by atoms with Gasteiger partial charge in [0.05, 0.1) is 6.54 Å².